The fourth-order valence-corrected chi connectivity index (χ4v) is 1.89. The maximum absolute atomic E-state index is 12.9. The minimum atomic E-state index is -2.50. The van der Waals surface area contributed by atoms with Gasteiger partial charge in [0.05, 0.1) is 0 Å². The summed E-state index contributed by atoms with van der Waals surface area (Å²) in [6, 6.07) is 4.65. The van der Waals surface area contributed by atoms with Crippen LogP contribution in [0.15, 0.2) is 18.2 Å². The zero-order valence-electron chi connectivity index (χ0n) is 10.8. The largest absolute Gasteiger partial charge is 0.399 e. The van der Waals surface area contributed by atoms with Gasteiger partial charge in [0.15, 0.2) is 0 Å². The molecule has 0 radical (unpaired) electrons. The molecule has 0 saturated heterocycles. The van der Waals surface area contributed by atoms with Gasteiger partial charge in [0, 0.05) is 30.5 Å². The predicted octanol–water partition coefficient (Wildman–Crippen LogP) is 3.69. The third-order valence-electron chi connectivity index (χ3n) is 2.41. The maximum Gasteiger partial charge on any atom is 0.265 e. The van der Waals surface area contributed by atoms with E-state index in [1.807, 2.05) is 11.9 Å². The number of nitrogens with zero attached hydrogens (tertiary/aromatic N) is 1. The summed E-state index contributed by atoms with van der Waals surface area (Å²) in [5, 5.41) is 0. The Morgan fingerprint density at radius 3 is 2.35 bits per heavy atom. The van der Waals surface area contributed by atoms with Gasteiger partial charge in [0.1, 0.15) is 0 Å². The molecule has 1 aromatic rings. The molecule has 0 aliphatic carbocycles. The third-order valence-corrected chi connectivity index (χ3v) is 2.41. The molecular formula is C13H20F2N2. The molecule has 2 nitrogen and oxygen atoms in total. The highest BCUT2D eigenvalue weighted by Crippen LogP contribution is 2.32. The van der Waals surface area contributed by atoms with Crippen LogP contribution < -0.4 is 10.6 Å². The summed E-state index contributed by atoms with van der Waals surface area (Å²) in [6.45, 7) is 6.92. The van der Waals surface area contributed by atoms with Crippen LogP contribution in [0.5, 0.6) is 0 Å². The Morgan fingerprint density at radius 2 is 1.88 bits per heavy atom. The average Bonchev–Trinajstić information content (AvgIpc) is 2.14. The molecule has 1 rings (SSSR count). The van der Waals surface area contributed by atoms with Crippen LogP contribution in [-0.2, 0) is 0 Å². The summed E-state index contributed by atoms with van der Waals surface area (Å²) in [5.74, 6) is 0. The normalized spacial score (nSPS) is 11.9. The molecule has 0 unspecified atom stereocenters. The van der Waals surface area contributed by atoms with Crippen LogP contribution in [0.2, 0.25) is 0 Å². The van der Waals surface area contributed by atoms with Crippen molar-refractivity contribution in [1.29, 1.82) is 0 Å². The van der Waals surface area contributed by atoms with Gasteiger partial charge in [0.2, 0.25) is 0 Å². The van der Waals surface area contributed by atoms with Crippen molar-refractivity contribution in [2.75, 3.05) is 24.2 Å². The van der Waals surface area contributed by atoms with Crippen molar-refractivity contribution in [2.45, 2.75) is 27.2 Å². The number of anilines is 2. The molecule has 0 saturated carbocycles. The number of nitrogen functional groups attached to an aromatic ring is 1. The van der Waals surface area contributed by atoms with Crippen LogP contribution in [0.4, 0.5) is 20.2 Å². The van der Waals surface area contributed by atoms with E-state index >= 15 is 0 Å². The predicted molar refractivity (Wildman–Crippen MR) is 68.5 cm³/mol. The van der Waals surface area contributed by atoms with E-state index in [0.29, 0.717) is 17.9 Å². The monoisotopic (exact) mass is 242 g/mol. The van der Waals surface area contributed by atoms with Crippen LogP contribution >= 0.6 is 0 Å². The Labute approximate surface area is 101 Å². The highest BCUT2D eigenvalue weighted by molar-refractivity contribution is 5.60. The number of halogens is 2. The van der Waals surface area contributed by atoms with Gasteiger partial charge in [-0.1, -0.05) is 20.8 Å². The van der Waals surface area contributed by atoms with E-state index in [-0.39, 0.29) is 11.0 Å². The minimum Gasteiger partial charge on any atom is -0.399 e. The van der Waals surface area contributed by atoms with Crippen molar-refractivity contribution in [3.05, 3.63) is 23.8 Å². The number of hydrogen-bond acceptors (Lipinski definition) is 2. The van der Waals surface area contributed by atoms with Crippen LogP contribution in [0.25, 0.3) is 0 Å². The van der Waals surface area contributed by atoms with Crippen molar-refractivity contribution >= 4 is 11.4 Å². The summed E-state index contributed by atoms with van der Waals surface area (Å²) >= 11 is 0. The Balaban J connectivity index is 3.04. The topological polar surface area (TPSA) is 29.3 Å². The smallest absolute Gasteiger partial charge is 0.265 e. The Hall–Kier alpha value is -1.32. The van der Waals surface area contributed by atoms with E-state index in [0.717, 1.165) is 0 Å². The van der Waals surface area contributed by atoms with E-state index in [1.54, 1.807) is 12.1 Å². The van der Waals surface area contributed by atoms with Crippen molar-refractivity contribution < 1.29 is 8.78 Å². The molecule has 1 aromatic carbocycles. The van der Waals surface area contributed by atoms with E-state index < -0.39 is 6.43 Å². The molecule has 0 aliphatic heterocycles. The van der Waals surface area contributed by atoms with E-state index in [4.69, 9.17) is 5.73 Å². The first-order valence-electron chi connectivity index (χ1n) is 5.59. The zero-order chi connectivity index (χ0) is 13.2. The molecule has 0 heterocycles. The van der Waals surface area contributed by atoms with Crippen LogP contribution in [-0.4, -0.2) is 13.6 Å². The van der Waals surface area contributed by atoms with Gasteiger partial charge in [0.25, 0.3) is 6.43 Å². The van der Waals surface area contributed by atoms with Gasteiger partial charge in [-0.25, -0.2) is 8.78 Å². The Bertz CT molecular complexity index is 383. The molecule has 0 amide bonds. The molecule has 0 atom stereocenters. The number of nitrogens with two attached hydrogens (primary N) is 1. The van der Waals surface area contributed by atoms with Gasteiger partial charge in [-0.05, 0) is 23.6 Å². The summed E-state index contributed by atoms with van der Waals surface area (Å²) in [6.07, 6.45) is -2.50. The van der Waals surface area contributed by atoms with E-state index in [9.17, 15) is 8.78 Å². The van der Waals surface area contributed by atoms with Gasteiger partial charge >= 0.3 is 0 Å². The Morgan fingerprint density at radius 1 is 1.29 bits per heavy atom. The van der Waals surface area contributed by atoms with Crippen molar-refractivity contribution in [3.63, 3.8) is 0 Å². The number of rotatable bonds is 3. The second-order valence-corrected chi connectivity index (χ2v) is 5.54. The zero-order valence-corrected chi connectivity index (χ0v) is 10.8. The third kappa shape index (κ3) is 3.88. The number of benzene rings is 1. The lowest BCUT2D eigenvalue weighted by Gasteiger charge is -2.29. The molecule has 2 N–H and O–H groups in total. The molecule has 0 bridgehead atoms. The lowest BCUT2D eigenvalue weighted by Crippen LogP contribution is -2.29. The average molecular weight is 242 g/mol. The van der Waals surface area contributed by atoms with Crippen LogP contribution in [0.3, 0.4) is 0 Å². The van der Waals surface area contributed by atoms with E-state index in [1.165, 1.54) is 6.07 Å². The molecular weight excluding hydrogens is 222 g/mol. The molecule has 0 aromatic heterocycles. The van der Waals surface area contributed by atoms with Crippen molar-refractivity contribution in [2.24, 2.45) is 5.41 Å². The lowest BCUT2D eigenvalue weighted by molar-refractivity contribution is 0.152. The molecule has 0 fully saturated rings. The highest BCUT2D eigenvalue weighted by Gasteiger charge is 2.19. The van der Waals surface area contributed by atoms with Crippen molar-refractivity contribution in [3.8, 4) is 0 Å². The van der Waals surface area contributed by atoms with Gasteiger partial charge in [-0.2, -0.15) is 0 Å². The minimum absolute atomic E-state index is 0.00301. The Kier molecular flexibility index (Phi) is 3.96. The molecule has 0 aliphatic rings. The van der Waals surface area contributed by atoms with Gasteiger partial charge < -0.3 is 10.6 Å². The fourth-order valence-electron chi connectivity index (χ4n) is 1.89. The maximum atomic E-state index is 12.9. The molecule has 17 heavy (non-hydrogen) atoms. The standard InChI is InChI=1S/C13H20F2N2/c1-13(2,3)8-17(4)11-6-5-9(16)7-10(11)12(14)15/h5-7,12H,8,16H2,1-4H3. The molecule has 96 valence electrons. The van der Waals surface area contributed by atoms with E-state index in [2.05, 4.69) is 20.8 Å². The SMILES string of the molecule is CN(CC(C)(C)C)c1ccc(N)cc1C(F)F. The number of hydrogen-bond donors (Lipinski definition) is 1. The quantitative estimate of drug-likeness (QED) is 0.819. The summed E-state index contributed by atoms with van der Waals surface area (Å²) in [5.41, 5.74) is 6.50. The first-order valence-corrected chi connectivity index (χ1v) is 5.59. The molecule has 4 heteroatoms. The first-order chi connectivity index (χ1) is 7.70. The van der Waals surface area contributed by atoms with Gasteiger partial charge in [-0.15, -0.1) is 0 Å². The van der Waals surface area contributed by atoms with Crippen LogP contribution in [0, 0.1) is 5.41 Å². The number of alkyl halides is 2. The fraction of sp³-hybridized carbons (Fsp3) is 0.538. The second kappa shape index (κ2) is 4.90. The summed E-state index contributed by atoms with van der Waals surface area (Å²) in [4.78, 5) is 1.85. The highest BCUT2D eigenvalue weighted by atomic mass is 19.3. The molecule has 0 spiro atoms. The second-order valence-electron chi connectivity index (χ2n) is 5.54. The van der Waals surface area contributed by atoms with Gasteiger partial charge in [-0.3, -0.25) is 0 Å². The summed E-state index contributed by atoms with van der Waals surface area (Å²) in [7, 11) is 1.82. The summed E-state index contributed by atoms with van der Waals surface area (Å²) < 4.78 is 25.8. The lowest BCUT2D eigenvalue weighted by atomic mass is 9.95. The van der Waals surface area contributed by atoms with Crippen LogP contribution in [0.1, 0.15) is 32.8 Å². The van der Waals surface area contributed by atoms with Crippen molar-refractivity contribution in [1.82, 2.24) is 0 Å². The first kappa shape index (κ1) is 13.7.